The Morgan fingerprint density at radius 2 is 1.90 bits per heavy atom. The van der Waals surface area contributed by atoms with Crippen molar-refractivity contribution in [2.75, 3.05) is 19.0 Å². The zero-order chi connectivity index (χ0) is 43.0. The van der Waals surface area contributed by atoms with E-state index in [2.05, 4.69) is 22.5 Å². The minimum Gasteiger partial charge on any atom is -0.497 e. The molecule has 4 N–H and O–H groups in total. The molecule has 3 aromatic heterocycles. The number of aromatic nitrogens is 2. The molecule has 4 heterocycles. The molecule has 15 nitrogen and oxygen atoms in total. The van der Waals surface area contributed by atoms with Crippen molar-refractivity contribution in [3.8, 4) is 22.9 Å². The standard InChI is InChI=1S/C43H55N6O9PS/c1-8-27-20-43(27,59(53,54)23-26-15-16-56-22-26)48-38(50)35-18-30(21-49(35)39(51)37(42(4,5)6)47-41(52)58-28-11-9-10-12-28)57-36-19-33(34-24-60-40(46-34)44-25(2)3)45-32-17-29(55-7)13-14-31(32)36/h8,13-17,19,22,24-25,27-28,30,35,37H,1,9-12,18,20-21,23H2,2-7H3,(H,44,46)(H,47,52)(H,48,50)(H,53,54)/t27-,30-,35+,37-,43+/m1/s1. The second kappa shape index (κ2) is 17.2. The molecule has 2 saturated carbocycles. The number of carbonyl (C=O) groups is 3. The van der Waals surface area contributed by atoms with Crippen LogP contribution in [0.4, 0.5) is 9.93 Å². The normalized spacial score (nSPS) is 23.2. The number of rotatable bonds is 15. The number of carbonyl (C=O) groups excluding carboxylic acids is 3. The first kappa shape index (κ1) is 43.2. The first-order chi connectivity index (χ1) is 28.5. The van der Waals surface area contributed by atoms with Crippen molar-refractivity contribution in [3.05, 3.63) is 66.5 Å². The average Bonchev–Trinajstić information content (AvgIpc) is 3.81. The van der Waals surface area contributed by atoms with E-state index in [4.69, 9.17) is 28.6 Å². The summed E-state index contributed by atoms with van der Waals surface area (Å²) >= 11 is 1.46. The van der Waals surface area contributed by atoms with E-state index in [0.29, 0.717) is 39.4 Å². The molecule has 1 aromatic carbocycles. The van der Waals surface area contributed by atoms with E-state index in [1.807, 2.05) is 46.1 Å². The fourth-order valence-electron chi connectivity index (χ4n) is 8.17. The van der Waals surface area contributed by atoms with Crippen molar-refractivity contribution in [2.24, 2.45) is 11.3 Å². The van der Waals surface area contributed by atoms with Crippen molar-refractivity contribution < 1.29 is 42.5 Å². The van der Waals surface area contributed by atoms with Crippen molar-refractivity contribution in [3.63, 3.8) is 0 Å². The lowest BCUT2D eigenvalue weighted by atomic mass is 9.85. The van der Waals surface area contributed by atoms with E-state index >= 15 is 0 Å². The number of furan rings is 1. The summed E-state index contributed by atoms with van der Waals surface area (Å²) < 4.78 is 37.3. The molecule has 1 saturated heterocycles. The summed E-state index contributed by atoms with van der Waals surface area (Å²) in [6.45, 7) is 13.4. The number of likely N-dealkylation sites (tertiary alicyclic amines) is 1. The maximum absolute atomic E-state index is 14.8. The van der Waals surface area contributed by atoms with Crippen LogP contribution in [0, 0.1) is 11.3 Å². The SMILES string of the molecule is C=C[C@@H]1C[C@]1(NC(=O)[C@@H]1C[C@@H](Oc2cc(-c3csc(NC(C)C)n3)nc3cc(OC)ccc23)CN1C(=O)[C@@H](NC(=O)OC1CCCC1)C(C)(C)C)P(=O)(O)Cc1ccoc1. The largest absolute Gasteiger partial charge is 0.497 e. The molecule has 2 aliphatic carbocycles. The van der Waals surface area contributed by atoms with Gasteiger partial charge in [0.2, 0.25) is 19.2 Å². The number of benzene rings is 1. The summed E-state index contributed by atoms with van der Waals surface area (Å²) in [6.07, 6.45) is 6.22. The van der Waals surface area contributed by atoms with Gasteiger partial charge in [-0.3, -0.25) is 14.2 Å². The second-order valence-electron chi connectivity index (χ2n) is 17.4. The zero-order valence-electron chi connectivity index (χ0n) is 34.9. The van der Waals surface area contributed by atoms with Gasteiger partial charge in [-0.1, -0.05) is 26.8 Å². The molecule has 1 aliphatic heterocycles. The van der Waals surface area contributed by atoms with Crippen LogP contribution in [0.3, 0.4) is 0 Å². The third-order valence-corrected chi connectivity index (χ3v) is 14.9. The van der Waals surface area contributed by atoms with Gasteiger partial charge in [-0.05, 0) is 75.1 Å². The van der Waals surface area contributed by atoms with Crippen molar-refractivity contribution in [1.82, 2.24) is 25.5 Å². The van der Waals surface area contributed by atoms with Crippen LogP contribution in [-0.4, -0.2) is 86.9 Å². The summed E-state index contributed by atoms with van der Waals surface area (Å²) in [6, 6.07) is 6.82. The van der Waals surface area contributed by atoms with Crippen LogP contribution < -0.4 is 25.4 Å². The van der Waals surface area contributed by atoms with Gasteiger partial charge in [-0.2, -0.15) is 0 Å². The van der Waals surface area contributed by atoms with Gasteiger partial charge in [-0.15, -0.1) is 17.9 Å². The van der Waals surface area contributed by atoms with Gasteiger partial charge in [0.1, 0.15) is 46.8 Å². The second-order valence-corrected chi connectivity index (χ2v) is 20.8. The van der Waals surface area contributed by atoms with Crippen molar-refractivity contribution >= 4 is 52.6 Å². The molecule has 0 bridgehead atoms. The van der Waals surface area contributed by atoms with E-state index in [1.165, 1.54) is 28.8 Å². The third-order valence-electron chi connectivity index (χ3n) is 11.5. The minimum atomic E-state index is -4.11. The smallest absolute Gasteiger partial charge is 0.408 e. The number of alkyl carbamates (subject to hydrolysis) is 1. The lowest BCUT2D eigenvalue weighted by Crippen LogP contribution is -2.58. The van der Waals surface area contributed by atoms with E-state index < -0.39 is 60.1 Å². The number of hydrogen-bond donors (Lipinski definition) is 4. The number of amides is 3. The van der Waals surface area contributed by atoms with E-state index in [9.17, 15) is 23.8 Å². The maximum Gasteiger partial charge on any atom is 0.408 e. The molecule has 3 aliphatic rings. The quantitative estimate of drug-likeness (QED) is 0.0673. The number of pyridine rings is 1. The van der Waals surface area contributed by atoms with Crippen LogP contribution in [0.1, 0.15) is 78.7 Å². The first-order valence-corrected chi connectivity index (χ1v) is 23.2. The molecule has 3 amide bonds. The number of fused-ring (bicyclic) bond motifs is 1. The van der Waals surface area contributed by atoms with Crippen molar-refractivity contribution in [2.45, 2.75) is 115 Å². The van der Waals surface area contributed by atoms with Gasteiger partial charge < -0.3 is 44.4 Å². The fraction of sp³-hybridized carbons (Fsp3) is 0.512. The summed E-state index contributed by atoms with van der Waals surface area (Å²) in [5.74, 6) is -0.541. The lowest BCUT2D eigenvalue weighted by Gasteiger charge is -2.36. The third kappa shape index (κ3) is 9.20. The van der Waals surface area contributed by atoms with Crippen LogP contribution in [0.2, 0.25) is 0 Å². The Kier molecular flexibility index (Phi) is 12.4. The Labute approximate surface area is 354 Å². The predicted octanol–water partition coefficient (Wildman–Crippen LogP) is 7.70. The molecule has 60 heavy (non-hydrogen) atoms. The Balaban J connectivity index is 1.22. The van der Waals surface area contributed by atoms with Crippen LogP contribution >= 0.6 is 18.7 Å². The molecular weight excluding hydrogens is 808 g/mol. The van der Waals surface area contributed by atoms with Gasteiger partial charge >= 0.3 is 6.09 Å². The Morgan fingerprint density at radius 1 is 1.13 bits per heavy atom. The Bertz CT molecular complexity index is 2270. The molecule has 322 valence electrons. The molecule has 3 fully saturated rings. The van der Waals surface area contributed by atoms with Gasteiger partial charge in [0.25, 0.3) is 0 Å². The molecule has 0 radical (unpaired) electrons. The van der Waals surface area contributed by atoms with Gasteiger partial charge in [-0.25, -0.2) is 14.8 Å². The zero-order valence-corrected chi connectivity index (χ0v) is 36.6. The van der Waals surface area contributed by atoms with Gasteiger partial charge in [0.05, 0.1) is 43.6 Å². The van der Waals surface area contributed by atoms with E-state index in [-0.39, 0.29) is 37.7 Å². The highest BCUT2D eigenvalue weighted by molar-refractivity contribution is 7.59. The van der Waals surface area contributed by atoms with Crippen LogP contribution in [0.15, 0.2) is 65.3 Å². The number of ether oxygens (including phenoxy) is 3. The summed E-state index contributed by atoms with van der Waals surface area (Å²) in [5.41, 5.74) is 1.50. The molecule has 4 aromatic rings. The van der Waals surface area contributed by atoms with Crippen LogP contribution in [0.5, 0.6) is 11.5 Å². The molecule has 17 heteroatoms. The molecule has 1 unspecified atom stereocenters. The number of nitrogens with zero attached hydrogens (tertiary/aromatic N) is 3. The van der Waals surface area contributed by atoms with Gasteiger partial charge in [0, 0.05) is 41.3 Å². The molecular formula is C43H55N6O9PS. The van der Waals surface area contributed by atoms with Crippen LogP contribution in [-0.2, 0) is 25.1 Å². The Hall–Kier alpha value is -4.92. The molecule has 0 spiro atoms. The minimum absolute atomic E-state index is 0.0268. The number of thiazole rings is 1. The number of anilines is 1. The molecule has 7 rings (SSSR count). The maximum atomic E-state index is 14.8. The van der Waals surface area contributed by atoms with E-state index in [1.54, 1.807) is 37.5 Å². The fourth-order valence-corrected chi connectivity index (χ4v) is 11.4. The highest BCUT2D eigenvalue weighted by Crippen LogP contribution is 2.70. The Morgan fingerprint density at radius 3 is 2.55 bits per heavy atom. The first-order valence-electron chi connectivity index (χ1n) is 20.4. The lowest BCUT2D eigenvalue weighted by molar-refractivity contribution is -0.142. The molecule has 6 atom stereocenters. The van der Waals surface area contributed by atoms with E-state index in [0.717, 1.165) is 30.8 Å². The monoisotopic (exact) mass is 862 g/mol. The van der Waals surface area contributed by atoms with Crippen LogP contribution in [0.25, 0.3) is 22.3 Å². The predicted molar refractivity (Wildman–Crippen MR) is 229 cm³/mol. The summed E-state index contributed by atoms with van der Waals surface area (Å²) in [4.78, 5) is 65.4. The number of methoxy groups -OCH3 is 1. The summed E-state index contributed by atoms with van der Waals surface area (Å²) in [7, 11) is -2.53. The topological polar surface area (TPSA) is 194 Å². The van der Waals surface area contributed by atoms with Gasteiger partial charge in [0.15, 0.2) is 5.13 Å². The number of hydrogen-bond acceptors (Lipinski definition) is 12. The highest BCUT2D eigenvalue weighted by Gasteiger charge is 2.66. The number of nitrogens with one attached hydrogen (secondary N) is 3. The highest BCUT2D eigenvalue weighted by atomic mass is 32.1. The average molecular weight is 863 g/mol. The summed E-state index contributed by atoms with van der Waals surface area (Å²) in [5, 5.41) is 10.9. The van der Waals surface area contributed by atoms with Crippen molar-refractivity contribution in [1.29, 1.82) is 0 Å².